The maximum Gasteiger partial charge on any atom is 0.220 e. The summed E-state index contributed by atoms with van der Waals surface area (Å²) in [5.41, 5.74) is 0.920. The molecule has 2 rings (SSSR count). The Morgan fingerprint density at radius 2 is 2.05 bits per heavy atom. The second kappa shape index (κ2) is 7.38. The highest BCUT2D eigenvalue weighted by atomic mass is 16.1. The molecule has 21 heavy (non-hydrogen) atoms. The average Bonchev–Trinajstić information content (AvgIpc) is 2.95. The SMILES string of the molecule is Cc1cc(N(C)C)nc(CNC(=O)CCC2CCCC2)n1. The zero-order valence-corrected chi connectivity index (χ0v) is 13.4. The minimum absolute atomic E-state index is 0.110. The molecule has 0 atom stereocenters. The predicted molar refractivity (Wildman–Crippen MR) is 84.1 cm³/mol. The number of anilines is 1. The van der Waals surface area contributed by atoms with E-state index < -0.39 is 0 Å². The highest BCUT2D eigenvalue weighted by Crippen LogP contribution is 2.28. The molecule has 0 saturated heterocycles. The Labute approximate surface area is 127 Å². The topological polar surface area (TPSA) is 58.1 Å². The molecule has 1 aromatic heterocycles. The molecule has 1 amide bonds. The third-order valence-electron chi connectivity index (χ3n) is 4.04. The number of hydrogen-bond donors (Lipinski definition) is 1. The van der Waals surface area contributed by atoms with Crippen molar-refractivity contribution in [1.29, 1.82) is 0 Å². The van der Waals surface area contributed by atoms with E-state index in [1.165, 1.54) is 25.7 Å². The van der Waals surface area contributed by atoms with E-state index in [4.69, 9.17) is 0 Å². The van der Waals surface area contributed by atoms with Gasteiger partial charge in [-0.15, -0.1) is 0 Å². The second-order valence-corrected chi connectivity index (χ2v) is 6.14. The summed E-state index contributed by atoms with van der Waals surface area (Å²) in [7, 11) is 3.90. The van der Waals surface area contributed by atoms with Crippen LogP contribution in [0, 0.1) is 12.8 Å². The number of rotatable bonds is 6. The van der Waals surface area contributed by atoms with E-state index in [0.29, 0.717) is 18.8 Å². The molecule has 1 N–H and O–H groups in total. The van der Waals surface area contributed by atoms with Crippen LogP contribution in [-0.2, 0) is 11.3 Å². The average molecular weight is 290 g/mol. The quantitative estimate of drug-likeness (QED) is 0.874. The third kappa shape index (κ3) is 4.99. The van der Waals surface area contributed by atoms with Crippen molar-refractivity contribution in [3.05, 3.63) is 17.6 Å². The van der Waals surface area contributed by atoms with Crippen molar-refractivity contribution in [2.24, 2.45) is 5.92 Å². The van der Waals surface area contributed by atoms with Gasteiger partial charge in [-0.25, -0.2) is 9.97 Å². The van der Waals surface area contributed by atoms with Crippen LogP contribution in [0.5, 0.6) is 0 Å². The summed E-state index contributed by atoms with van der Waals surface area (Å²) in [6.07, 6.45) is 6.88. The summed E-state index contributed by atoms with van der Waals surface area (Å²) >= 11 is 0. The minimum atomic E-state index is 0.110. The van der Waals surface area contributed by atoms with Crippen LogP contribution in [0.25, 0.3) is 0 Å². The van der Waals surface area contributed by atoms with Crippen molar-refractivity contribution in [3.8, 4) is 0 Å². The number of nitrogens with zero attached hydrogens (tertiary/aromatic N) is 3. The van der Waals surface area contributed by atoms with E-state index in [9.17, 15) is 4.79 Å². The van der Waals surface area contributed by atoms with Gasteiger partial charge in [-0.3, -0.25) is 4.79 Å². The normalized spacial score (nSPS) is 15.2. The first-order valence-corrected chi connectivity index (χ1v) is 7.83. The molecule has 0 aliphatic heterocycles. The summed E-state index contributed by atoms with van der Waals surface area (Å²) < 4.78 is 0. The van der Waals surface area contributed by atoms with E-state index in [1.807, 2.05) is 32.0 Å². The summed E-state index contributed by atoms with van der Waals surface area (Å²) in [5.74, 6) is 2.41. The van der Waals surface area contributed by atoms with Gasteiger partial charge in [0, 0.05) is 32.3 Å². The Hall–Kier alpha value is -1.65. The van der Waals surface area contributed by atoms with Crippen molar-refractivity contribution in [1.82, 2.24) is 15.3 Å². The molecular formula is C16H26N4O. The molecule has 0 spiro atoms. The predicted octanol–water partition coefficient (Wildman–Crippen LogP) is 2.44. The number of aryl methyl sites for hydroxylation is 1. The lowest BCUT2D eigenvalue weighted by Gasteiger charge is -2.13. The molecule has 1 heterocycles. The highest BCUT2D eigenvalue weighted by Gasteiger charge is 2.16. The number of hydrogen-bond acceptors (Lipinski definition) is 4. The molecule has 0 radical (unpaired) electrons. The monoisotopic (exact) mass is 290 g/mol. The molecule has 1 aromatic rings. The maximum atomic E-state index is 11.9. The van der Waals surface area contributed by atoms with Crippen LogP contribution < -0.4 is 10.2 Å². The molecule has 0 bridgehead atoms. The van der Waals surface area contributed by atoms with Crippen LogP contribution in [0.2, 0.25) is 0 Å². The lowest BCUT2D eigenvalue weighted by molar-refractivity contribution is -0.121. The Morgan fingerprint density at radius 1 is 1.33 bits per heavy atom. The molecule has 1 fully saturated rings. The number of amides is 1. The van der Waals surface area contributed by atoms with Gasteiger partial charge in [-0.2, -0.15) is 0 Å². The first-order valence-electron chi connectivity index (χ1n) is 7.83. The summed E-state index contributed by atoms with van der Waals surface area (Å²) in [5, 5.41) is 2.93. The molecular weight excluding hydrogens is 264 g/mol. The Kier molecular flexibility index (Phi) is 5.53. The molecule has 1 aliphatic rings. The van der Waals surface area contributed by atoms with Crippen LogP contribution in [0.4, 0.5) is 5.82 Å². The maximum absolute atomic E-state index is 11.9. The van der Waals surface area contributed by atoms with E-state index in [0.717, 1.165) is 23.9 Å². The standard InChI is InChI=1S/C16H26N4O/c1-12-10-15(20(2)3)19-14(18-12)11-17-16(21)9-8-13-6-4-5-7-13/h10,13H,4-9,11H2,1-3H3,(H,17,21). The zero-order valence-electron chi connectivity index (χ0n) is 13.4. The number of carbonyl (C=O) groups excluding carboxylic acids is 1. The van der Waals surface area contributed by atoms with Crippen molar-refractivity contribution in [3.63, 3.8) is 0 Å². The van der Waals surface area contributed by atoms with E-state index in [1.54, 1.807) is 0 Å². The Balaban J connectivity index is 1.80. The molecule has 1 saturated carbocycles. The van der Waals surface area contributed by atoms with Gasteiger partial charge >= 0.3 is 0 Å². The van der Waals surface area contributed by atoms with Gasteiger partial charge in [-0.05, 0) is 19.3 Å². The van der Waals surface area contributed by atoms with Gasteiger partial charge in [0.1, 0.15) is 11.6 Å². The lowest BCUT2D eigenvalue weighted by atomic mass is 10.0. The van der Waals surface area contributed by atoms with Crippen LogP contribution in [0.15, 0.2) is 6.07 Å². The molecule has 5 heteroatoms. The Morgan fingerprint density at radius 3 is 2.71 bits per heavy atom. The van der Waals surface area contributed by atoms with Gasteiger partial charge in [0.25, 0.3) is 0 Å². The second-order valence-electron chi connectivity index (χ2n) is 6.14. The van der Waals surface area contributed by atoms with Crippen LogP contribution >= 0.6 is 0 Å². The smallest absolute Gasteiger partial charge is 0.220 e. The fraction of sp³-hybridized carbons (Fsp3) is 0.688. The van der Waals surface area contributed by atoms with Crippen molar-refractivity contribution in [2.75, 3.05) is 19.0 Å². The fourth-order valence-corrected chi connectivity index (χ4v) is 2.82. The van der Waals surface area contributed by atoms with Crippen LogP contribution in [-0.4, -0.2) is 30.0 Å². The van der Waals surface area contributed by atoms with Crippen molar-refractivity contribution >= 4 is 11.7 Å². The molecule has 116 valence electrons. The molecule has 0 unspecified atom stereocenters. The van der Waals surface area contributed by atoms with E-state index in [2.05, 4.69) is 15.3 Å². The van der Waals surface area contributed by atoms with Gasteiger partial charge in [0.2, 0.25) is 5.91 Å². The lowest BCUT2D eigenvalue weighted by Crippen LogP contribution is -2.25. The first-order chi connectivity index (χ1) is 10.0. The molecule has 5 nitrogen and oxygen atoms in total. The number of aromatic nitrogens is 2. The van der Waals surface area contributed by atoms with Crippen LogP contribution in [0.3, 0.4) is 0 Å². The van der Waals surface area contributed by atoms with Gasteiger partial charge < -0.3 is 10.2 Å². The van der Waals surface area contributed by atoms with Gasteiger partial charge in [0.05, 0.1) is 6.54 Å². The van der Waals surface area contributed by atoms with Crippen LogP contribution in [0.1, 0.15) is 50.0 Å². The summed E-state index contributed by atoms with van der Waals surface area (Å²) in [6, 6.07) is 1.94. The largest absolute Gasteiger partial charge is 0.363 e. The Bertz CT molecular complexity index is 481. The fourth-order valence-electron chi connectivity index (χ4n) is 2.82. The first kappa shape index (κ1) is 15.7. The molecule has 0 aromatic carbocycles. The third-order valence-corrected chi connectivity index (χ3v) is 4.04. The minimum Gasteiger partial charge on any atom is -0.363 e. The van der Waals surface area contributed by atoms with E-state index in [-0.39, 0.29) is 5.91 Å². The number of carbonyl (C=O) groups is 1. The van der Waals surface area contributed by atoms with Gasteiger partial charge in [0.15, 0.2) is 0 Å². The molecule has 1 aliphatic carbocycles. The number of nitrogens with one attached hydrogen (secondary N) is 1. The van der Waals surface area contributed by atoms with E-state index >= 15 is 0 Å². The summed E-state index contributed by atoms with van der Waals surface area (Å²) in [4.78, 5) is 22.7. The summed E-state index contributed by atoms with van der Waals surface area (Å²) in [6.45, 7) is 2.35. The zero-order chi connectivity index (χ0) is 15.2. The van der Waals surface area contributed by atoms with Crippen molar-refractivity contribution in [2.45, 2.75) is 52.0 Å². The van der Waals surface area contributed by atoms with Gasteiger partial charge in [-0.1, -0.05) is 25.7 Å². The highest BCUT2D eigenvalue weighted by molar-refractivity contribution is 5.75. The van der Waals surface area contributed by atoms with Crippen molar-refractivity contribution < 1.29 is 4.79 Å².